The maximum Gasteiger partial charge on any atom is 0.251 e. The van der Waals surface area contributed by atoms with E-state index in [9.17, 15) is 14.0 Å². The van der Waals surface area contributed by atoms with Crippen LogP contribution in [-0.4, -0.2) is 23.3 Å². The standard InChI is InChI=1S/C28H30FN3O2/c1-5-25(33)32(24-13-11-22(12-14-24)28(2,3)4)26(21-9-7-16-30-19-21)27(34)31-17-15-20-8-6-10-23(29)18-20/h5-14,16,18-19,26H,1,15,17H2,2-4H3,(H,31,34)/t26-/m1/s1. The topological polar surface area (TPSA) is 62.3 Å². The van der Waals surface area contributed by atoms with Crippen molar-refractivity contribution in [2.45, 2.75) is 38.6 Å². The summed E-state index contributed by atoms with van der Waals surface area (Å²) in [5.74, 6) is -1.09. The largest absolute Gasteiger partial charge is 0.354 e. The lowest BCUT2D eigenvalue weighted by Crippen LogP contribution is -2.44. The van der Waals surface area contributed by atoms with Crippen LogP contribution in [0.4, 0.5) is 10.1 Å². The molecule has 2 amide bonds. The van der Waals surface area contributed by atoms with Crippen LogP contribution in [0, 0.1) is 5.82 Å². The number of benzene rings is 2. The number of aromatic nitrogens is 1. The molecule has 0 saturated heterocycles. The SMILES string of the molecule is C=CC(=O)N(c1ccc(C(C)(C)C)cc1)[C@@H](C(=O)NCCc1cccc(F)c1)c1cccnc1. The van der Waals surface area contributed by atoms with E-state index in [4.69, 9.17) is 0 Å². The summed E-state index contributed by atoms with van der Waals surface area (Å²) < 4.78 is 13.5. The average molecular weight is 460 g/mol. The lowest BCUT2D eigenvalue weighted by Gasteiger charge is -2.31. The Hall–Kier alpha value is -3.80. The number of carbonyl (C=O) groups excluding carboxylic acids is 2. The van der Waals surface area contributed by atoms with Gasteiger partial charge >= 0.3 is 0 Å². The molecule has 34 heavy (non-hydrogen) atoms. The molecule has 0 fully saturated rings. The van der Waals surface area contributed by atoms with E-state index in [-0.39, 0.29) is 23.7 Å². The molecule has 0 bridgehead atoms. The Labute approximate surface area is 200 Å². The number of hydrogen-bond acceptors (Lipinski definition) is 3. The summed E-state index contributed by atoms with van der Waals surface area (Å²) in [7, 11) is 0. The molecule has 0 saturated carbocycles. The van der Waals surface area contributed by atoms with E-state index < -0.39 is 11.9 Å². The summed E-state index contributed by atoms with van der Waals surface area (Å²) in [4.78, 5) is 32.0. The first-order valence-corrected chi connectivity index (χ1v) is 11.2. The molecule has 2 aromatic carbocycles. The molecule has 6 heteroatoms. The third kappa shape index (κ3) is 6.16. The molecule has 5 nitrogen and oxygen atoms in total. The van der Waals surface area contributed by atoms with Crippen LogP contribution < -0.4 is 10.2 Å². The predicted molar refractivity (Wildman–Crippen MR) is 133 cm³/mol. The van der Waals surface area contributed by atoms with Gasteiger partial charge in [0.1, 0.15) is 11.9 Å². The second-order valence-electron chi connectivity index (χ2n) is 9.07. The third-order valence-corrected chi connectivity index (χ3v) is 5.53. The Bertz CT molecular complexity index is 1140. The molecule has 0 unspecified atom stereocenters. The highest BCUT2D eigenvalue weighted by molar-refractivity contribution is 6.06. The lowest BCUT2D eigenvalue weighted by atomic mass is 9.87. The minimum Gasteiger partial charge on any atom is -0.354 e. The van der Waals surface area contributed by atoms with Crippen molar-refractivity contribution in [3.63, 3.8) is 0 Å². The average Bonchev–Trinajstić information content (AvgIpc) is 2.82. The Kier molecular flexibility index (Phi) is 7.95. The first-order valence-electron chi connectivity index (χ1n) is 11.2. The zero-order valence-electron chi connectivity index (χ0n) is 19.8. The number of amides is 2. The smallest absolute Gasteiger partial charge is 0.251 e. The van der Waals surface area contributed by atoms with Crippen LogP contribution in [0.2, 0.25) is 0 Å². The molecular weight excluding hydrogens is 429 g/mol. The Morgan fingerprint density at radius 1 is 1.12 bits per heavy atom. The highest BCUT2D eigenvalue weighted by atomic mass is 19.1. The molecule has 1 aromatic heterocycles. The van der Waals surface area contributed by atoms with Gasteiger partial charge in [-0.15, -0.1) is 0 Å². The number of nitrogens with one attached hydrogen (secondary N) is 1. The number of rotatable bonds is 8. The van der Waals surface area contributed by atoms with Crippen LogP contribution in [-0.2, 0) is 21.4 Å². The van der Waals surface area contributed by atoms with Crippen LogP contribution in [0.3, 0.4) is 0 Å². The van der Waals surface area contributed by atoms with Crippen molar-refractivity contribution in [1.29, 1.82) is 0 Å². The minimum absolute atomic E-state index is 0.0527. The van der Waals surface area contributed by atoms with Crippen molar-refractivity contribution >= 4 is 17.5 Å². The monoisotopic (exact) mass is 459 g/mol. The molecule has 1 heterocycles. The number of anilines is 1. The summed E-state index contributed by atoms with van der Waals surface area (Å²) in [6.07, 6.45) is 4.84. The fourth-order valence-electron chi connectivity index (χ4n) is 3.70. The summed E-state index contributed by atoms with van der Waals surface area (Å²) in [5.41, 5.74) is 2.98. The van der Waals surface area contributed by atoms with Crippen molar-refractivity contribution in [3.8, 4) is 0 Å². The van der Waals surface area contributed by atoms with Gasteiger partial charge in [0.15, 0.2) is 0 Å². The van der Waals surface area contributed by atoms with Gasteiger partial charge in [0, 0.05) is 30.2 Å². The molecule has 1 atom stereocenters. The fourth-order valence-corrected chi connectivity index (χ4v) is 3.70. The van der Waals surface area contributed by atoms with E-state index >= 15 is 0 Å². The quantitative estimate of drug-likeness (QED) is 0.475. The highest BCUT2D eigenvalue weighted by Crippen LogP contribution is 2.30. The van der Waals surface area contributed by atoms with Gasteiger partial charge < -0.3 is 5.32 Å². The summed E-state index contributed by atoms with van der Waals surface area (Å²) in [6, 6.07) is 16.4. The van der Waals surface area contributed by atoms with E-state index in [2.05, 4.69) is 37.7 Å². The van der Waals surface area contributed by atoms with Gasteiger partial charge in [0.25, 0.3) is 5.91 Å². The lowest BCUT2D eigenvalue weighted by molar-refractivity contribution is -0.125. The van der Waals surface area contributed by atoms with Crippen LogP contribution in [0.5, 0.6) is 0 Å². The summed E-state index contributed by atoms with van der Waals surface area (Å²) >= 11 is 0. The Morgan fingerprint density at radius 3 is 2.44 bits per heavy atom. The zero-order valence-corrected chi connectivity index (χ0v) is 19.8. The minimum atomic E-state index is -0.952. The molecule has 3 aromatic rings. The number of nitrogens with zero attached hydrogens (tertiary/aromatic N) is 2. The van der Waals surface area contributed by atoms with Gasteiger partial charge in [-0.25, -0.2) is 4.39 Å². The maximum absolute atomic E-state index is 13.5. The van der Waals surface area contributed by atoms with Crippen LogP contribution >= 0.6 is 0 Å². The van der Waals surface area contributed by atoms with Gasteiger partial charge in [-0.05, 0) is 59.4 Å². The second-order valence-corrected chi connectivity index (χ2v) is 9.07. The van der Waals surface area contributed by atoms with Gasteiger partial charge in [-0.1, -0.05) is 57.7 Å². The van der Waals surface area contributed by atoms with Gasteiger partial charge in [0.2, 0.25) is 5.91 Å². The molecule has 176 valence electrons. The molecule has 3 rings (SSSR count). The number of pyridine rings is 1. The van der Waals surface area contributed by atoms with Crippen molar-refractivity contribution in [2.24, 2.45) is 0 Å². The molecule has 0 spiro atoms. The highest BCUT2D eigenvalue weighted by Gasteiger charge is 2.32. The van der Waals surface area contributed by atoms with E-state index in [1.54, 1.807) is 36.7 Å². The van der Waals surface area contributed by atoms with Crippen LogP contribution in [0.15, 0.2) is 85.7 Å². The van der Waals surface area contributed by atoms with Crippen molar-refractivity contribution < 1.29 is 14.0 Å². The van der Waals surface area contributed by atoms with E-state index in [1.165, 1.54) is 23.1 Å². The maximum atomic E-state index is 13.5. The normalized spacial score (nSPS) is 12.0. The van der Waals surface area contributed by atoms with Gasteiger partial charge in [-0.2, -0.15) is 0 Å². The van der Waals surface area contributed by atoms with Crippen molar-refractivity contribution in [1.82, 2.24) is 10.3 Å². The third-order valence-electron chi connectivity index (χ3n) is 5.53. The Balaban J connectivity index is 1.92. The molecule has 0 aliphatic carbocycles. The molecule has 0 aliphatic rings. The molecule has 0 radical (unpaired) electrons. The second kappa shape index (κ2) is 10.9. The molecular formula is C28H30FN3O2. The Morgan fingerprint density at radius 2 is 1.85 bits per heavy atom. The van der Waals surface area contributed by atoms with Crippen LogP contribution in [0.25, 0.3) is 0 Å². The van der Waals surface area contributed by atoms with E-state index in [0.717, 1.165) is 11.1 Å². The van der Waals surface area contributed by atoms with Crippen molar-refractivity contribution in [3.05, 3.63) is 108 Å². The van der Waals surface area contributed by atoms with E-state index in [1.807, 2.05) is 24.3 Å². The van der Waals surface area contributed by atoms with Crippen molar-refractivity contribution in [2.75, 3.05) is 11.4 Å². The number of hydrogen-bond donors (Lipinski definition) is 1. The first-order chi connectivity index (χ1) is 16.2. The van der Waals surface area contributed by atoms with Gasteiger partial charge in [0.05, 0.1) is 0 Å². The van der Waals surface area contributed by atoms with Crippen LogP contribution in [0.1, 0.15) is 43.5 Å². The zero-order chi connectivity index (χ0) is 24.7. The van der Waals surface area contributed by atoms with Gasteiger partial charge in [-0.3, -0.25) is 19.5 Å². The first kappa shape index (κ1) is 24.8. The number of halogens is 1. The number of carbonyl (C=O) groups is 2. The summed E-state index contributed by atoms with van der Waals surface area (Å²) in [5, 5.41) is 2.90. The summed E-state index contributed by atoms with van der Waals surface area (Å²) in [6.45, 7) is 10.3. The molecule has 1 N–H and O–H groups in total. The molecule has 0 aliphatic heterocycles. The predicted octanol–water partition coefficient (Wildman–Crippen LogP) is 5.14. The van der Waals surface area contributed by atoms with E-state index in [0.29, 0.717) is 17.7 Å². The fraction of sp³-hybridized carbons (Fsp3) is 0.250.